The van der Waals surface area contributed by atoms with Crippen molar-refractivity contribution in [2.24, 2.45) is 75.5 Å². The third kappa shape index (κ3) is 36.2. The van der Waals surface area contributed by atoms with Gasteiger partial charge in [-0.15, -0.1) is 30.7 Å². The summed E-state index contributed by atoms with van der Waals surface area (Å²) in [5.41, 5.74) is 23.8. The van der Waals surface area contributed by atoms with Crippen molar-refractivity contribution in [1.82, 2.24) is 24.5 Å². The molecule has 0 amide bonds. The van der Waals surface area contributed by atoms with Gasteiger partial charge in [0, 0.05) is 159 Å². The summed E-state index contributed by atoms with van der Waals surface area (Å²) in [6.45, 7) is 0. The van der Waals surface area contributed by atoms with E-state index in [0.29, 0.717) is 78.5 Å². The van der Waals surface area contributed by atoms with E-state index in [1.807, 2.05) is 247 Å². The molecule has 0 saturated heterocycles. The molecule has 0 bridgehead atoms. The van der Waals surface area contributed by atoms with Gasteiger partial charge in [0.1, 0.15) is 28.4 Å². The quantitative estimate of drug-likeness (QED) is 0.0137. The number of nitrogens with two attached hydrogens (primary N) is 2. The van der Waals surface area contributed by atoms with Crippen molar-refractivity contribution >= 4 is 188 Å². The first-order chi connectivity index (χ1) is 58.6. The van der Waals surface area contributed by atoms with Gasteiger partial charge < -0.3 is 55.5 Å². The van der Waals surface area contributed by atoms with Gasteiger partial charge in [-0.3, -0.25) is 20.2 Å². The lowest BCUT2D eigenvalue weighted by Gasteiger charge is -2.11. The fraction of sp³-hybridized carbons (Fsp3) is 0.169. The number of nitrogens with zero attached hydrogens (tertiary/aromatic N) is 23. The van der Waals surface area contributed by atoms with Gasteiger partial charge in [-0.2, -0.15) is 20.5 Å². The van der Waals surface area contributed by atoms with Gasteiger partial charge in [0.25, 0.3) is 21.5 Å². The van der Waals surface area contributed by atoms with Crippen LogP contribution in [0.2, 0.25) is 25.1 Å². The molecule has 3 heterocycles. The number of aromatic nitrogens is 6. The molecular formula is C83H92Cl5N27O8S. The summed E-state index contributed by atoms with van der Waals surface area (Å²) >= 11 is 30.0. The lowest BCUT2D eigenvalue weighted by molar-refractivity contribution is -0.657. The average Bonchev–Trinajstić information content (AvgIpc) is 1.56. The second-order valence-corrected chi connectivity index (χ2v) is 29.8. The van der Waals surface area contributed by atoms with Crippen LogP contribution in [-0.4, -0.2) is 119 Å². The molecule has 0 radical (unpaired) electrons. The number of halogens is 5. The van der Waals surface area contributed by atoms with Crippen molar-refractivity contribution in [2.75, 3.05) is 113 Å². The summed E-state index contributed by atoms with van der Waals surface area (Å²) in [4.78, 5) is 43.1. The smallest absolute Gasteiger partial charge is 0.421 e. The van der Waals surface area contributed by atoms with Crippen molar-refractivity contribution in [3.8, 4) is 0 Å². The Balaban J connectivity index is 0.000000264. The number of nitrogens with one attached hydrogen (secondary N) is 2. The number of azo groups is 6. The number of para-hydroxylation sites is 1. The minimum Gasteiger partial charge on any atom is -0.707 e. The molecule has 13 rings (SSSR count). The third-order valence-electron chi connectivity index (χ3n) is 15.7. The molecule has 648 valence electrons. The van der Waals surface area contributed by atoms with Crippen LogP contribution in [0.5, 0.6) is 0 Å². The van der Waals surface area contributed by atoms with Gasteiger partial charge >= 0.3 is 5.95 Å². The molecule has 0 fully saturated rings. The van der Waals surface area contributed by atoms with Crippen molar-refractivity contribution in [3.63, 3.8) is 0 Å². The molecule has 0 aliphatic rings. The first kappa shape index (κ1) is 101. The van der Waals surface area contributed by atoms with Crippen molar-refractivity contribution < 1.29 is 32.4 Å². The number of anilines is 7. The number of imidazole rings is 3. The van der Waals surface area contributed by atoms with Gasteiger partial charge in [-0.1, -0.05) is 88.7 Å². The normalized spacial score (nSPS) is 10.7. The van der Waals surface area contributed by atoms with E-state index in [9.17, 15) is 28.6 Å². The molecule has 0 spiro atoms. The van der Waals surface area contributed by atoms with Gasteiger partial charge in [0.2, 0.25) is 5.95 Å². The molecule has 13 aromatic rings. The second-order valence-electron chi connectivity index (χ2n) is 26.2. The molecule has 0 unspecified atom stereocenters. The Hall–Kier alpha value is -13.9. The maximum Gasteiger partial charge on any atom is 0.421 e. The maximum absolute atomic E-state index is 10.6. The molecule has 124 heavy (non-hydrogen) atoms. The number of rotatable bonds is 20. The highest BCUT2D eigenvalue weighted by atomic mass is 35.5. The Morgan fingerprint density at radius 2 is 0.790 bits per heavy atom. The Kier molecular flexibility index (Phi) is 42.0. The minimum absolute atomic E-state index is 0. The highest BCUT2D eigenvalue weighted by molar-refractivity contribution is 7.85. The Labute approximate surface area is 743 Å². The summed E-state index contributed by atoms with van der Waals surface area (Å²) < 4.78 is 25.4. The Morgan fingerprint density at radius 3 is 1.09 bits per heavy atom. The van der Waals surface area contributed by atoms with Crippen molar-refractivity contribution in [3.05, 3.63) is 307 Å². The molecule has 0 aliphatic heterocycles. The number of aryl methyl sites for hydroxylation is 2. The Bertz CT molecular complexity index is 5740. The number of aromatic amines is 2. The predicted molar refractivity (Wildman–Crippen MR) is 495 cm³/mol. The van der Waals surface area contributed by atoms with E-state index in [0.717, 1.165) is 45.8 Å². The van der Waals surface area contributed by atoms with Crippen LogP contribution in [0.4, 0.5) is 120 Å². The molecule has 35 nitrogen and oxygen atoms in total. The van der Waals surface area contributed by atoms with Gasteiger partial charge in [0.15, 0.2) is 0 Å². The van der Waals surface area contributed by atoms with E-state index in [-0.39, 0.29) is 28.8 Å². The van der Waals surface area contributed by atoms with E-state index in [2.05, 4.69) is 103 Å². The molecular weight excluding hydrogens is 1710 g/mol. The highest BCUT2D eigenvalue weighted by Crippen LogP contribution is 2.36. The molecule has 0 atom stereocenters. The summed E-state index contributed by atoms with van der Waals surface area (Å²) in [6.07, 6.45) is 12.9. The number of nitro benzene ring substituents is 2. The number of nitro groups is 2. The standard InChI is InChI=1S/C19H21ClN7.C17H16ClN7.C14H13ClN4O2.C14H15ClN4.C8H11N.C6H5ClN2O2.C3H4N2.CH4O4S.CH4/c1-25(2)16-8-5-14(6-9-16)21-23-18-10-7-15(13-17(18)20)22-24-19-26(3)11-12-27(19)4;1-25(2)14-6-3-12(4-7-14)21-23-16-8-5-13(11-15(16)18)22-24-17-19-9-10-20-17;1-18(2)11-5-3-10(4-6-11)16-17-14-8-7-12(19(20)21)9-13(14)15;1-19(2)12-6-4-11(5-7-12)17-18-14-8-3-10(16)9-13(14)15;1-9(2)8-6-4-3-5-7-8;7-5-3-4(9(10)11)1-2-6(5)8;1-2-5-3-4-1;1-6(3,4)5-2;/h5-13H,1-4H3;3-11H,1-2H3,(H,19,20);3-9H,1-2H3;3-9H,16H2,1-2H3;3-7H,1-2H3;1-3H,8H2;1-3H,(H,4,5);2H,1H3;1H4/q+1;;;;;;;;/p-1. The largest absolute Gasteiger partial charge is 0.707 e. The van der Waals surface area contributed by atoms with Crippen LogP contribution >= 0.6 is 58.0 Å². The number of hydrogen-bond acceptors (Lipinski definition) is 29. The summed E-state index contributed by atoms with van der Waals surface area (Å²) in [6, 6.07) is 64.8. The molecule has 0 aliphatic carbocycles. The van der Waals surface area contributed by atoms with Gasteiger partial charge in [0.05, 0.1) is 108 Å². The van der Waals surface area contributed by atoms with Gasteiger partial charge in [-0.05, 0) is 176 Å². The number of non-ortho nitro benzene ring substituents is 2. The van der Waals surface area contributed by atoms with Crippen LogP contribution < -0.4 is 45.8 Å². The fourth-order valence-electron chi connectivity index (χ4n) is 9.10. The molecule has 3 aromatic heterocycles. The van der Waals surface area contributed by atoms with Crippen molar-refractivity contribution in [1.29, 1.82) is 0 Å². The highest BCUT2D eigenvalue weighted by Gasteiger charge is 2.14. The summed E-state index contributed by atoms with van der Waals surface area (Å²) in [5, 5.41) is 81.2. The zero-order chi connectivity index (χ0) is 90.1. The number of hydrogen-bond donors (Lipinski definition) is 4. The van der Waals surface area contributed by atoms with Crippen LogP contribution in [0.1, 0.15) is 7.43 Å². The summed E-state index contributed by atoms with van der Waals surface area (Å²) in [7, 11) is 20.0. The molecule has 0 saturated carbocycles. The number of nitrogen functional groups attached to an aromatic ring is 2. The monoisotopic (exact) mass is 1800 g/mol. The molecule has 6 N–H and O–H groups in total. The predicted octanol–water partition coefficient (Wildman–Crippen LogP) is 23.4. The lowest BCUT2D eigenvalue weighted by Crippen LogP contribution is -2.25. The van der Waals surface area contributed by atoms with Crippen LogP contribution in [0.25, 0.3) is 0 Å². The topological polar surface area (TPSA) is 435 Å². The van der Waals surface area contributed by atoms with Crippen LogP contribution in [0.3, 0.4) is 0 Å². The Morgan fingerprint density at radius 1 is 0.444 bits per heavy atom. The van der Waals surface area contributed by atoms with E-state index >= 15 is 0 Å². The van der Waals surface area contributed by atoms with E-state index in [1.165, 1.54) is 42.1 Å². The van der Waals surface area contributed by atoms with E-state index < -0.39 is 20.0 Å². The second kappa shape index (κ2) is 51.7. The maximum atomic E-state index is 10.6. The first-order valence-corrected chi connectivity index (χ1v) is 39.8. The first-order valence-electron chi connectivity index (χ1n) is 36.1. The summed E-state index contributed by atoms with van der Waals surface area (Å²) in [5.74, 6) is 1.16. The fourth-order valence-corrected chi connectivity index (χ4v) is 10.1. The third-order valence-corrected chi connectivity index (χ3v) is 17.5. The van der Waals surface area contributed by atoms with Crippen LogP contribution in [0.15, 0.2) is 323 Å². The van der Waals surface area contributed by atoms with Crippen LogP contribution in [-0.2, 0) is 28.5 Å². The average molecular weight is 1810 g/mol. The van der Waals surface area contributed by atoms with Crippen LogP contribution in [0, 0.1) is 20.2 Å². The zero-order valence-corrected chi connectivity index (χ0v) is 73.4. The van der Waals surface area contributed by atoms with Gasteiger partial charge in [-0.25, -0.2) is 27.5 Å². The molecule has 41 heteroatoms. The van der Waals surface area contributed by atoms with E-state index in [1.54, 1.807) is 79.6 Å². The zero-order valence-electron chi connectivity index (χ0n) is 68.8. The number of H-pyrrole nitrogens is 2. The number of benzene rings is 10. The van der Waals surface area contributed by atoms with Crippen molar-refractivity contribution in [2.45, 2.75) is 7.43 Å². The SMILES string of the molecule is C.CN(C)c1ccc(N=Nc2ccc(N)cc2Cl)cc1.CN(C)c1ccc(N=Nc2ccc(N=Nc3n(C)cc[n+]3C)cc2Cl)cc1.CN(C)c1ccc(N=Nc2ccc(N=Nc3ncc[nH]3)cc2Cl)cc1.CN(C)c1ccc(N=Nc2ccc([N+](=O)[O-])cc2Cl)cc1.CN(C)c1ccccc1.CS(=O)(=O)O[O-].Nc1ccc([N+](=O)[O-])cc1Cl.c1c[nH]cn1. The molecule has 10 aromatic carbocycles. The minimum atomic E-state index is -3.72. The van der Waals surface area contributed by atoms with E-state index in [4.69, 9.17) is 74.7 Å². The lowest BCUT2D eigenvalue weighted by atomic mass is 10.3.